The number of aromatic nitrogens is 1. The van der Waals surface area contributed by atoms with Gasteiger partial charge < -0.3 is 14.6 Å². The average Bonchev–Trinajstić information content (AvgIpc) is 3.19. The van der Waals surface area contributed by atoms with Gasteiger partial charge in [-0.15, -0.1) is 0 Å². The molecule has 0 saturated heterocycles. The van der Waals surface area contributed by atoms with E-state index in [0.717, 1.165) is 0 Å². The lowest BCUT2D eigenvalue weighted by atomic mass is 9.98. The lowest BCUT2D eigenvalue weighted by molar-refractivity contribution is -0.137. The molecule has 3 N–H and O–H groups in total. The maximum absolute atomic E-state index is 13.5. The maximum atomic E-state index is 13.5. The third kappa shape index (κ3) is 3.53. The van der Waals surface area contributed by atoms with Gasteiger partial charge in [-0.3, -0.25) is 14.8 Å². The number of sulfone groups is 1. The lowest BCUT2D eigenvalue weighted by Gasteiger charge is -2.31. The molecular weight excluding hydrogens is 374 g/mol. The van der Waals surface area contributed by atoms with Crippen molar-refractivity contribution in [3.63, 3.8) is 0 Å². The molecule has 9 nitrogen and oxygen atoms in total. The predicted octanol–water partition coefficient (Wildman–Crippen LogP) is 0.676. The van der Waals surface area contributed by atoms with Crippen LogP contribution in [0, 0.1) is 0 Å². The van der Waals surface area contributed by atoms with E-state index >= 15 is 0 Å². The molecule has 0 radical (unpaired) electrons. The minimum Gasteiger partial charge on any atom is -0.497 e. The first-order valence-corrected chi connectivity index (χ1v) is 9.36. The molecule has 1 atom stereocenters. The number of methoxy groups -OCH3 is 1. The predicted molar refractivity (Wildman–Crippen MR) is 95.9 cm³/mol. The molecule has 1 heterocycles. The third-order valence-corrected chi connectivity index (χ3v) is 6.59. The minimum absolute atomic E-state index is 0.0416. The number of amides is 2. The average molecular weight is 395 g/mol. The summed E-state index contributed by atoms with van der Waals surface area (Å²) in [4.78, 5) is 28.8. The lowest BCUT2D eigenvalue weighted by Crippen LogP contribution is -2.52. The van der Waals surface area contributed by atoms with E-state index in [1.165, 1.54) is 74.2 Å². The monoisotopic (exact) mass is 395 g/mol. The summed E-state index contributed by atoms with van der Waals surface area (Å²) in [6.07, 6.45) is 0.722. The molecule has 2 rings (SSSR count). The first-order valence-electron chi connectivity index (χ1n) is 7.88. The van der Waals surface area contributed by atoms with E-state index < -0.39 is 32.8 Å². The topological polar surface area (TPSA) is 129 Å². The van der Waals surface area contributed by atoms with Crippen LogP contribution in [0.2, 0.25) is 0 Å². The van der Waals surface area contributed by atoms with E-state index in [2.05, 4.69) is 4.98 Å². The number of hydroxylamine groups is 1. The van der Waals surface area contributed by atoms with Crippen molar-refractivity contribution < 1.29 is 28.0 Å². The van der Waals surface area contributed by atoms with Crippen molar-refractivity contribution in [3.05, 3.63) is 48.3 Å². The summed E-state index contributed by atoms with van der Waals surface area (Å²) in [7, 11) is -0.138. The number of ether oxygens (including phenoxy) is 1. The number of carbonyl (C=O) groups excluding carboxylic acids is 2. The second-order valence-corrected chi connectivity index (χ2v) is 8.17. The van der Waals surface area contributed by atoms with Crippen LogP contribution in [0.25, 0.3) is 0 Å². The summed E-state index contributed by atoms with van der Waals surface area (Å²) in [5.74, 6) is -1.42. The molecule has 0 aliphatic heterocycles. The number of nitrogens with zero attached hydrogens (tertiary/aromatic N) is 1. The zero-order valence-corrected chi connectivity index (χ0v) is 15.9. The van der Waals surface area contributed by atoms with Crippen molar-refractivity contribution in [2.24, 2.45) is 0 Å². The highest BCUT2D eigenvalue weighted by molar-refractivity contribution is 7.93. The largest absolute Gasteiger partial charge is 0.497 e. The second kappa shape index (κ2) is 7.80. The van der Waals surface area contributed by atoms with Gasteiger partial charge in [0.05, 0.1) is 18.4 Å². The summed E-state index contributed by atoms with van der Waals surface area (Å²) in [6, 6.07) is 8.28. The fourth-order valence-electron chi connectivity index (χ4n) is 2.66. The van der Waals surface area contributed by atoms with E-state index in [4.69, 9.17) is 4.74 Å². The van der Waals surface area contributed by atoms with Gasteiger partial charge in [-0.1, -0.05) is 0 Å². The molecule has 0 bridgehead atoms. The van der Waals surface area contributed by atoms with E-state index in [1.54, 1.807) is 0 Å². The summed E-state index contributed by atoms with van der Waals surface area (Å²) in [5.41, 5.74) is 1.36. The molecule has 0 aliphatic rings. The number of aromatic amines is 1. The molecule has 2 amide bonds. The molecule has 1 aromatic heterocycles. The first kappa shape index (κ1) is 20.5. The van der Waals surface area contributed by atoms with Crippen molar-refractivity contribution in [2.45, 2.75) is 16.1 Å². The molecule has 0 fully saturated rings. The number of carbonyl (C=O) groups is 2. The summed E-state index contributed by atoms with van der Waals surface area (Å²) < 4.78 is 29.7. The quantitative estimate of drug-likeness (QED) is 0.467. The van der Waals surface area contributed by atoms with Crippen LogP contribution in [0.4, 0.5) is 0 Å². The number of H-pyrrole nitrogens is 1. The highest BCUT2D eigenvalue weighted by Crippen LogP contribution is 2.39. The van der Waals surface area contributed by atoms with Crippen LogP contribution >= 0.6 is 0 Å². The van der Waals surface area contributed by atoms with Crippen LogP contribution in [0.3, 0.4) is 0 Å². The Labute approximate surface area is 156 Å². The van der Waals surface area contributed by atoms with Gasteiger partial charge in [0.1, 0.15) is 5.75 Å². The van der Waals surface area contributed by atoms with Crippen molar-refractivity contribution in [1.29, 1.82) is 0 Å². The fraction of sp³-hybridized carbons (Fsp3) is 0.294. The van der Waals surface area contributed by atoms with Gasteiger partial charge in [-0.25, -0.2) is 13.9 Å². The number of hydrogen-bond donors (Lipinski definition) is 3. The van der Waals surface area contributed by atoms with Crippen LogP contribution < -0.4 is 10.2 Å². The van der Waals surface area contributed by atoms with Gasteiger partial charge in [0, 0.05) is 26.0 Å². The summed E-state index contributed by atoms with van der Waals surface area (Å²) in [5, 5.41) is 9.29. The molecule has 1 unspecified atom stereocenters. The van der Waals surface area contributed by atoms with Gasteiger partial charge >= 0.3 is 0 Å². The molecule has 2 aromatic rings. The minimum atomic E-state index is -4.46. The number of benzene rings is 1. The number of hydrogen-bond acceptors (Lipinski definition) is 6. The van der Waals surface area contributed by atoms with E-state index in [9.17, 15) is 23.2 Å². The molecular formula is C17H21N3O6S. The first-order chi connectivity index (χ1) is 12.7. The van der Waals surface area contributed by atoms with E-state index in [-0.39, 0.29) is 10.6 Å². The van der Waals surface area contributed by atoms with Crippen molar-refractivity contribution >= 4 is 21.7 Å². The molecule has 0 aliphatic carbocycles. The molecule has 10 heteroatoms. The Bertz CT molecular complexity index is 907. The fourth-order valence-corrected chi connectivity index (χ4v) is 4.58. The maximum Gasteiger partial charge on any atom is 0.271 e. The van der Waals surface area contributed by atoms with Crippen LogP contribution in [-0.2, 0) is 24.2 Å². The molecule has 1 aromatic carbocycles. The van der Waals surface area contributed by atoms with E-state index in [0.29, 0.717) is 5.75 Å². The Morgan fingerprint density at radius 1 is 1.22 bits per heavy atom. The van der Waals surface area contributed by atoms with Crippen LogP contribution in [-0.4, -0.2) is 56.5 Å². The van der Waals surface area contributed by atoms with Gasteiger partial charge in [0.25, 0.3) is 5.91 Å². The summed E-state index contributed by atoms with van der Waals surface area (Å²) >= 11 is 0. The van der Waals surface area contributed by atoms with Crippen molar-refractivity contribution in [1.82, 2.24) is 15.4 Å². The number of nitrogens with one attached hydrogen (secondary N) is 2. The highest BCUT2D eigenvalue weighted by atomic mass is 32.2. The molecule has 0 spiro atoms. The SMILES string of the molecule is COc1ccc(S(=O)(=O)C(CC(=O)N(C)C)(C(=O)NO)c2ccc[nH]2)cc1. The molecule has 27 heavy (non-hydrogen) atoms. The highest BCUT2D eigenvalue weighted by Gasteiger charge is 2.55. The van der Waals surface area contributed by atoms with Gasteiger partial charge in [0.2, 0.25) is 10.7 Å². The molecule has 146 valence electrons. The second-order valence-electron chi connectivity index (χ2n) is 6.00. The van der Waals surface area contributed by atoms with Gasteiger partial charge in [0.15, 0.2) is 9.84 Å². The standard InChI is InChI=1S/C17H21N3O6S/c1-20(2)15(21)11-17(16(22)19-23,14-5-4-10-18-14)27(24,25)13-8-6-12(26-3)7-9-13/h4-10,18,23H,11H2,1-3H3,(H,19,22). The van der Waals surface area contributed by atoms with E-state index in [1.807, 2.05) is 0 Å². The van der Waals surface area contributed by atoms with Crippen LogP contribution in [0.5, 0.6) is 5.75 Å². The Hall–Kier alpha value is -2.85. The zero-order chi connectivity index (χ0) is 20.2. The third-order valence-electron chi connectivity index (χ3n) is 4.23. The Morgan fingerprint density at radius 3 is 2.30 bits per heavy atom. The zero-order valence-electron chi connectivity index (χ0n) is 15.1. The van der Waals surface area contributed by atoms with Crippen LogP contribution in [0.1, 0.15) is 12.1 Å². The Morgan fingerprint density at radius 2 is 1.85 bits per heavy atom. The summed E-state index contributed by atoms with van der Waals surface area (Å²) in [6.45, 7) is 0. The smallest absolute Gasteiger partial charge is 0.271 e. The Balaban J connectivity index is 2.76. The normalized spacial score (nSPS) is 13.5. The van der Waals surface area contributed by atoms with Gasteiger partial charge in [-0.05, 0) is 36.4 Å². The Kier molecular flexibility index (Phi) is 5.91. The van der Waals surface area contributed by atoms with Crippen molar-refractivity contribution in [3.8, 4) is 5.75 Å². The van der Waals surface area contributed by atoms with Crippen molar-refractivity contribution in [2.75, 3.05) is 21.2 Å². The molecule has 0 saturated carbocycles. The van der Waals surface area contributed by atoms with Crippen LogP contribution in [0.15, 0.2) is 47.5 Å². The number of rotatable bonds is 7. The van der Waals surface area contributed by atoms with Gasteiger partial charge in [-0.2, -0.15) is 0 Å².